The summed E-state index contributed by atoms with van der Waals surface area (Å²) in [4.78, 5) is 0. The Morgan fingerprint density at radius 3 is 2.30 bits per heavy atom. The lowest BCUT2D eigenvalue weighted by molar-refractivity contribution is 0.267. The van der Waals surface area contributed by atoms with Crippen LogP contribution in [0.1, 0.15) is 58.9 Å². The van der Waals surface area contributed by atoms with Gasteiger partial charge in [-0.3, -0.25) is 0 Å². The predicted molar refractivity (Wildman–Crippen MR) is 85.8 cm³/mol. The molecule has 20 heavy (non-hydrogen) atoms. The molecule has 1 atom stereocenters. The van der Waals surface area contributed by atoms with Crippen molar-refractivity contribution in [1.29, 1.82) is 0 Å². The monoisotopic (exact) mass is 278 g/mol. The summed E-state index contributed by atoms with van der Waals surface area (Å²) in [6.45, 7) is 12.0. The largest absolute Gasteiger partial charge is 0.497 e. The molecule has 0 aromatic heterocycles. The minimum atomic E-state index is 0.438. The molecule has 0 aliphatic carbocycles. The maximum Gasteiger partial charge on any atom is 0.123 e. The van der Waals surface area contributed by atoms with Gasteiger partial charge < -0.3 is 9.47 Å². The summed E-state index contributed by atoms with van der Waals surface area (Å²) >= 11 is 0. The highest BCUT2D eigenvalue weighted by atomic mass is 16.5. The van der Waals surface area contributed by atoms with E-state index in [2.05, 4.69) is 40.7 Å². The van der Waals surface area contributed by atoms with E-state index in [9.17, 15) is 0 Å². The van der Waals surface area contributed by atoms with Gasteiger partial charge in [0.05, 0.1) is 13.7 Å². The summed E-state index contributed by atoms with van der Waals surface area (Å²) < 4.78 is 11.3. The molecule has 0 saturated carbocycles. The SMILES string of the molecule is COc1ccc(OCCC(C)CC(C)C)c(C(C)C)c1. The van der Waals surface area contributed by atoms with Crippen LogP contribution < -0.4 is 9.47 Å². The number of rotatable bonds is 8. The summed E-state index contributed by atoms with van der Waals surface area (Å²) in [5, 5.41) is 0. The lowest BCUT2D eigenvalue weighted by Crippen LogP contribution is -2.08. The zero-order chi connectivity index (χ0) is 15.1. The van der Waals surface area contributed by atoms with Gasteiger partial charge >= 0.3 is 0 Å². The van der Waals surface area contributed by atoms with Crippen molar-refractivity contribution in [3.63, 3.8) is 0 Å². The van der Waals surface area contributed by atoms with Gasteiger partial charge in [0.2, 0.25) is 0 Å². The summed E-state index contributed by atoms with van der Waals surface area (Å²) in [6.07, 6.45) is 2.38. The van der Waals surface area contributed by atoms with Crippen LogP contribution in [-0.2, 0) is 0 Å². The van der Waals surface area contributed by atoms with E-state index in [4.69, 9.17) is 9.47 Å². The second kappa shape index (κ2) is 8.18. The molecule has 0 amide bonds. The average Bonchev–Trinajstić information content (AvgIpc) is 2.37. The van der Waals surface area contributed by atoms with E-state index in [-0.39, 0.29) is 0 Å². The van der Waals surface area contributed by atoms with Crippen LogP contribution in [0.2, 0.25) is 0 Å². The first-order chi connectivity index (χ1) is 9.43. The van der Waals surface area contributed by atoms with Crippen LogP contribution in [0.5, 0.6) is 11.5 Å². The van der Waals surface area contributed by atoms with Gasteiger partial charge in [-0.15, -0.1) is 0 Å². The number of hydrogen-bond donors (Lipinski definition) is 0. The molecule has 0 aliphatic heterocycles. The Balaban J connectivity index is 2.59. The van der Waals surface area contributed by atoms with Crippen LogP contribution in [0, 0.1) is 11.8 Å². The van der Waals surface area contributed by atoms with Crippen LogP contribution in [0.3, 0.4) is 0 Å². The highest BCUT2D eigenvalue weighted by Crippen LogP contribution is 2.30. The quantitative estimate of drug-likeness (QED) is 0.645. The number of methoxy groups -OCH3 is 1. The van der Waals surface area contributed by atoms with Gasteiger partial charge in [0, 0.05) is 5.56 Å². The topological polar surface area (TPSA) is 18.5 Å². The third-order valence-electron chi connectivity index (χ3n) is 3.58. The lowest BCUT2D eigenvalue weighted by Gasteiger charge is -2.17. The van der Waals surface area contributed by atoms with Crippen LogP contribution in [0.4, 0.5) is 0 Å². The van der Waals surface area contributed by atoms with Crippen LogP contribution in [0.25, 0.3) is 0 Å². The van der Waals surface area contributed by atoms with Crippen molar-refractivity contribution in [3.05, 3.63) is 23.8 Å². The third kappa shape index (κ3) is 5.44. The molecule has 0 heterocycles. The molecule has 2 nitrogen and oxygen atoms in total. The van der Waals surface area contributed by atoms with Gasteiger partial charge in [0.1, 0.15) is 11.5 Å². The molecule has 2 heteroatoms. The van der Waals surface area contributed by atoms with Gasteiger partial charge in [0.15, 0.2) is 0 Å². The Labute approximate surface area is 124 Å². The summed E-state index contributed by atoms with van der Waals surface area (Å²) in [5.74, 6) is 3.81. The van der Waals surface area contributed by atoms with E-state index in [0.717, 1.165) is 36.4 Å². The molecule has 0 bridgehead atoms. The standard InChI is InChI=1S/C18H30O2/c1-13(2)11-15(5)9-10-20-18-8-7-16(19-6)12-17(18)14(3)4/h7-8,12-15H,9-11H2,1-6H3. The van der Waals surface area contributed by atoms with Crippen molar-refractivity contribution < 1.29 is 9.47 Å². The molecular weight excluding hydrogens is 248 g/mol. The fourth-order valence-electron chi connectivity index (χ4n) is 2.53. The molecule has 114 valence electrons. The molecule has 1 rings (SSSR count). The Hall–Kier alpha value is -1.18. The maximum atomic E-state index is 5.99. The highest BCUT2D eigenvalue weighted by Gasteiger charge is 2.11. The minimum Gasteiger partial charge on any atom is -0.497 e. The molecule has 0 saturated heterocycles. The Bertz CT molecular complexity index is 396. The van der Waals surface area contributed by atoms with Gasteiger partial charge in [-0.05, 0) is 48.8 Å². The number of ether oxygens (including phenoxy) is 2. The van der Waals surface area contributed by atoms with Crippen LogP contribution in [-0.4, -0.2) is 13.7 Å². The van der Waals surface area contributed by atoms with Crippen molar-refractivity contribution >= 4 is 0 Å². The van der Waals surface area contributed by atoms with Crippen molar-refractivity contribution in [2.45, 2.75) is 53.4 Å². The second-order valence-electron chi connectivity index (χ2n) is 6.43. The zero-order valence-corrected chi connectivity index (χ0v) is 13.9. The summed E-state index contributed by atoms with van der Waals surface area (Å²) in [7, 11) is 1.70. The molecule has 0 spiro atoms. The third-order valence-corrected chi connectivity index (χ3v) is 3.58. The summed E-state index contributed by atoms with van der Waals surface area (Å²) in [6, 6.07) is 6.08. The van der Waals surface area contributed by atoms with E-state index in [1.54, 1.807) is 7.11 Å². The van der Waals surface area contributed by atoms with Crippen molar-refractivity contribution in [3.8, 4) is 11.5 Å². The molecule has 1 unspecified atom stereocenters. The number of hydrogen-bond acceptors (Lipinski definition) is 2. The minimum absolute atomic E-state index is 0.438. The van der Waals surface area contributed by atoms with E-state index in [1.165, 1.54) is 12.0 Å². The molecule has 0 aliphatic rings. The molecule has 1 aromatic rings. The zero-order valence-electron chi connectivity index (χ0n) is 13.9. The van der Waals surface area contributed by atoms with Crippen LogP contribution in [0.15, 0.2) is 18.2 Å². The van der Waals surface area contributed by atoms with Gasteiger partial charge in [0.25, 0.3) is 0 Å². The number of benzene rings is 1. The fraction of sp³-hybridized carbons (Fsp3) is 0.667. The molecule has 0 fully saturated rings. The molecular formula is C18H30O2. The van der Waals surface area contributed by atoms with Crippen molar-refractivity contribution in [2.75, 3.05) is 13.7 Å². The Morgan fingerprint density at radius 1 is 1.05 bits per heavy atom. The first-order valence-corrected chi connectivity index (χ1v) is 7.74. The first kappa shape index (κ1) is 16.9. The van der Waals surface area contributed by atoms with E-state index >= 15 is 0 Å². The fourth-order valence-corrected chi connectivity index (χ4v) is 2.53. The lowest BCUT2D eigenvalue weighted by atomic mass is 9.96. The highest BCUT2D eigenvalue weighted by molar-refractivity contribution is 5.42. The van der Waals surface area contributed by atoms with Crippen LogP contribution >= 0.6 is 0 Å². The normalized spacial score (nSPS) is 12.8. The first-order valence-electron chi connectivity index (χ1n) is 7.74. The maximum absolute atomic E-state index is 5.99. The van der Waals surface area contributed by atoms with Crippen molar-refractivity contribution in [1.82, 2.24) is 0 Å². The molecule has 0 radical (unpaired) electrons. The second-order valence-corrected chi connectivity index (χ2v) is 6.43. The molecule has 0 N–H and O–H groups in total. The van der Waals surface area contributed by atoms with E-state index in [0.29, 0.717) is 5.92 Å². The summed E-state index contributed by atoms with van der Waals surface area (Å²) in [5.41, 5.74) is 1.22. The van der Waals surface area contributed by atoms with E-state index < -0.39 is 0 Å². The van der Waals surface area contributed by atoms with Gasteiger partial charge in [-0.1, -0.05) is 34.6 Å². The molecule has 1 aromatic carbocycles. The van der Waals surface area contributed by atoms with Gasteiger partial charge in [-0.2, -0.15) is 0 Å². The Kier molecular flexibility index (Phi) is 6.90. The Morgan fingerprint density at radius 2 is 1.75 bits per heavy atom. The smallest absolute Gasteiger partial charge is 0.123 e. The van der Waals surface area contributed by atoms with E-state index in [1.807, 2.05) is 12.1 Å². The average molecular weight is 278 g/mol. The predicted octanol–water partition coefficient (Wildman–Crippen LogP) is 5.27. The van der Waals surface area contributed by atoms with Gasteiger partial charge in [-0.25, -0.2) is 0 Å². The van der Waals surface area contributed by atoms with Crippen molar-refractivity contribution in [2.24, 2.45) is 11.8 Å².